The molecular formula is C20H20BrN3O2. The third-order valence-electron chi connectivity index (χ3n) is 4.40. The number of benzene rings is 2. The molecule has 26 heavy (non-hydrogen) atoms. The highest BCUT2D eigenvalue weighted by atomic mass is 79.9. The average Bonchev–Trinajstić information content (AvgIpc) is 2.98. The van der Waals surface area contributed by atoms with Gasteiger partial charge in [0.25, 0.3) is 0 Å². The first-order valence-corrected chi connectivity index (χ1v) is 9.19. The first-order chi connectivity index (χ1) is 12.4. The van der Waals surface area contributed by atoms with E-state index in [1.165, 1.54) is 0 Å². The second-order valence-electron chi connectivity index (χ2n) is 6.48. The number of anilines is 1. The quantitative estimate of drug-likeness (QED) is 0.614. The van der Waals surface area contributed by atoms with Crippen LogP contribution in [0.5, 0.6) is 0 Å². The number of carbonyl (C=O) groups is 2. The van der Waals surface area contributed by atoms with Crippen LogP contribution in [0.3, 0.4) is 0 Å². The molecule has 134 valence electrons. The van der Waals surface area contributed by atoms with Crippen molar-refractivity contribution in [2.24, 2.45) is 11.0 Å². The lowest BCUT2D eigenvalue weighted by Crippen LogP contribution is -2.30. The van der Waals surface area contributed by atoms with E-state index in [4.69, 9.17) is 0 Å². The van der Waals surface area contributed by atoms with Crippen LogP contribution in [0.25, 0.3) is 0 Å². The first-order valence-electron chi connectivity index (χ1n) is 8.40. The predicted octanol–water partition coefficient (Wildman–Crippen LogP) is 3.57. The van der Waals surface area contributed by atoms with Gasteiger partial charge in [0.15, 0.2) is 0 Å². The third-order valence-corrected chi connectivity index (χ3v) is 4.93. The molecule has 0 spiro atoms. The third kappa shape index (κ3) is 4.19. The monoisotopic (exact) mass is 413 g/mol. The number of hydrogen-bond acceptors (Lipinski definition) is 3. The van der Waals surface area contributed by atoms with Crippen molar-refractivity contribution in [3.8, 4) is 0 Å². The van der Waals surface area contributed by atoms with Gasteiger partial charge in [0.05, 0.1) is 12.1 Å². The number of hydrogen-bond donors (Lipinski definition) is 1. The van der Waals surface area contributed by atoms with Crippen LogP contribution in [-0.4, -0.2) is 24.6 Å². The molecule has 2 aromatic rings. The Balaban J connectivity index is 1.62. The van der Waals surface area contributed by atoms with E-state index in [1.807, 2.05) is 56.3 Å². The van der Waals surface area contributed by atoms with Gasteiger partial charge < -0.3 is 4.90 Å². The zero-order valence-electron chi connectivity index (χ0n) is 14.7. The Hall–Kier alpha value is -2.47. The molecule has 1 fully saturated rings. The molecule has 0 bridgehead atoms. The fraction of sp³-hybridized carbons (Fsp3) is 0.250. The summed E-state index contributed by atoms with van der Waals surface area (Å²) in [6.45, 7) is 4.37. The van der Waals surface area contributed by atoms with Crippen LogP contribution >= 0.6 is 15.9 Å². The fourth-order valence-electron chi connectivity index (χ4n) is 3.03. The minimum Gasteiger partial charge on any atom is -0.311 e. The molecule has 5 nitrogen and oxygen atoms in total. The van der Waals surface area contributed by atoms with E-state index < -0.39 is 5.92 Å². The number of hydrazone groups is 1. The highest BCUT2D eigenvalue weighted by Gasteiger charge is 2.35. The van der Waals surface area contributed by atoms with Gasteiger partial charge >= 0.3 is 0 Å². The number of rotatable bonds is 4. The summed E-state index contributed by atoms with van der Waals surface area (Å²) < 4.78 is 0.981. The Labute approximate surface area is 161 Å². The molecule has 1 atom stereocenters. The van der Waals surface area contributed by atoms with Gasteiger partial charge in [0, 0.05) is 23.1 Å². The molecule has 1 N–H and O–H groups in total. The lowest BCUT2D eigenvalue weighted by Gasteiger charge is -2.19. The highest BCUT2D eigenvalue weighted by Crippen LogP contribution is 2.28. The molecule has 3 rings (SSSR count). The van der Waals surface area contributed by atoms with Crippen LogP contribution in [0.1, 0.15) is 23.1 Å². The van der Waals surface area contributed by atoms with E-state index in [-0.39, 0.29) is 18.2 Å². The van der Waals surface area contributed by atoms with Crippen LogP contribution in [0, 0.1) is 19.8 Å². The molecule has 1 aliphatic heterocycles. The number of nitrogens with zero attached hydrogens (tertiary/aromatic N) is 2. The molecule has 0 aliphatic carbocycles. The molecule has 1 heterocycles. The summed E-state index contributed by atoms with van der Waals surface area (Å²) >= 11 is 3.37. The standard InChI is InChI=1S/C20H20BrN3O2/c1-13-3-8-18(14(2)9-13)24-12-16(10-19(24)25)20(26)23-22-11-15-4-6-17(21)7-5-15/h3-9,11,16H,10,12H2,1-2H3,(H,23,26)/b22-11+. The number of amides is 2. The van der Waals surface area contributed by atoms with E-state index in [0.29, 0.717) is 6.54 Å². The summed E-state index contributed by atoms with van der Waals surface area (Å²) in [5.74, 6) is -0.668. The summed E-state index contributed by atoms with van der Waals surface area (Å²) in [4.78, 5) is 26.4. The van der Waals surface area contributed by atoms with Gasteiger partial charge in [-0.1, -0.05) is 45.8 Å². The van der Waals surface area contributed by atoms with Gasteiger partial charge in [-0.2, -0.15) is 5.10 Å². The Morgan fingerprint density at radius 2 is 1.96 bits per heavy atom. The molecule has 1 unspecified atom stereocenters. The van der Waals surface area contributed by atoms with Crippen molar-refractivity contribution < 1.29 is 9.59 Å². The van der Waals surface area contributed by atoms with E-state index in [2.05, 4.69) is 26.5 Å². The average molecular weight is 414 g/mol. The summed E-state index contributed by atoms with van der Waals surface area (Å²) in [5.41, 5.74) is 6.48. The minimum atomic E-state index is -0.398. The summed E-state index contributed by atoms with van der Waals surface area (Å²) in [6, 6.07) is 13.5. The van der Waals surface area contributed by atoms with E-state index in [9.17, 15) is 9.59 Å². The molecular weight excluding hydrogens is 394 g/mol. The summed E-state index contributed by atoms with van der Waals surface area (Å²) in [6.07, 6.45) is 1.79. The van der Waals surface area contributed by atoms with Gasteiger partial charge in [-0.15, -0.1) is 0 Å². The maximum Gasteiger partial charge on any atom is 0.245 e. The van der Waals surface area contributed by atoms with Crippen LogP contribution < -0.4 is 10.3 Å². The predicted molar refractivity (Wildman–Crippen MR) is 106 cm³/mol. The molecule has 0 aromatic heterocycles. The van der Waals surface area contributed by atoms with Crippen molar-refractivity contribution in [3.63, 3.8) is 0 Å². The molecule has 0 radical (unpaired) electrons. The van der Waals surface area contributed by atoms with Crippen LogP contribution in [0.4, 0.5) is 5.69 Å². The smallest absolute Gasteiger partial charge is 0.245 e. The van der Waals surface area contributed by atoms with Gasteiger partial charge in [0.2, 0.25) is 11.8 Å². The van der Waals surface area contributed by atoms with Crippen LogP contribution in [-0.2, 0) is 9.59 Å². The van der Waals surface area contributed by atoms with Crippen LogP contribution in [0.2, 0.25) is 0 Å². The maximum atomic E-state index is 12.4. The fourth-order valence-corrected chi connectivity index (χ4v) is 3.30. The lowest BCUT2D eigenvalue weighted by molar-refractivity contribution is -0.126. The SMILES string of the molecule is Cc1ccc(N2CC(C(=O)N/N=C/c3ccc(Br)cc3)CC2=O)c(C)c1. The molecule has 0 saturated carbocycles. The molecule has 1 saturated heterocycles. The topological polar surface area (TPSA) is 61.8 Å². The first kappa shape index (κ1) is 18.3. The zero-order valence-corrected chi connectivity index (χ0v) is 16.3. The zero-order chi connectivity index (χ0) is 18.7. The second kappa shape index (κ2) is 7.83. The lowest BCUT2D eigenvalue weighted by atomic mass is 10.1. The van der Waals surface area contributed by atoms with Gasteiger partial charge in [-0.3, -0.25) is 9.59 Å². The number of aryl methyl sites for hydroxylation is 2. The van der Waals surface area contributed by atoms with Gasteiger partial charge in [-0.25, -0.2) is 5.43 Å². The van der Waals surface area contributed by atoms with Crippen molar-refractivity contribution in [2.75, 3.05) is 11.4 Å². The Kier molecular flexibility index (Phi) is 5.52. The van der Waals surface area contributed by atoms with Crippen molar-refractivity contribution in [3.05, 3.63) is 63.6 Å². The Bertz CT molecular complexity index is 862. The van der Waals surface area contributed by atoms with Crippen molar-refractivity contribution in [1.82, 2.24) is 5.43 Å². The van der Waals surface area contributed by atoms with Gasteiger partial charge in [0.1, 0.15) is 0 Å². The summed E-state index contributed by atoms with van der Waals surface area (Å²) in [7, 11) is 0. The molecule has 2 amide bonds. The normalized spacial score (nSPS) is 17.1. The molecule has 6 heteroatoms. The highest BCUT2D eigenvalue weighted by molar-refractivity contribution is 9.10. The van der Waals surface area contributed by atoms with Crippen LogP contribution in [0.15, 0.2) is 52.0 Å². The molecule has 1 aliphatic rings. The van der Waals surface area contributed by atoms with E-state index in [1.54, 1.807) is 11.1 Å². The van der Waals surface area contributed by atoms with Crippen molar-refractivity contribution >= 4 is 39.6 Å². The second-order valence-corrected chi connectivity index (χ2v) is 7.40. The Morgan fingerprint density at radius 3 is 2.65 bits per heavy atom. The number of nitrogens with one attached hydrogen (secondary N) is 1. The Morgan fingerprint density at radius 1 is 1.23 bits per heavy atom. The summed E-state index contributed by atoms with van der Waals surface area (Å²) in [5, 5.41) is 4.00. The number of halogens is 1. The van der Waals surface area contributed by atoms with Crippen molar-refractivity contribution in [2.45, 2.75) is 20.3 Å². The van der Waals surface area contributed by atoms with Gasteiger partial charge in [-0.05, 0) is 43.2 Å². The molecule has 2 aromatic carbocycles. The van der Waals surface area contributed by atoms with Crippen molar-refractivity contribution in [1.29, 1.82) is 0 Å². The minimum absolute atomic E-state index is 0.0333. The largest absolute Gasteiger partial charge is 0.311 e. The van der Waals surface area contributed by atoms with E-state index in [0.717, 1.165) is 26.9 Å². The number of carbonyl (C=O) groups excluding carboxylic acids is 2. The van der Waals surface area contributed by atoms with E-state index >= 15 is 0 Å². The maximum absolute atomic E-state index is 12.4.